The van der Waals surface area contributed by atoms with Crippen LogP contribution in [0.3, 0.4) is 0 Å². The van der Waals surface area contributed by atoms with Gasteiger partial charge in [-0.1, -0.05) is 62.9 Å². The molecule has 2 N–H and O–H groups in total. The van der Waals surface area contributed by atoms with Gasteiger partial charge in [-0.3, -0.25) is 0 Å². The van der Waals surface area contributed by atoms with Crippen molar-refractivity contribution in [2.24, 2.45) is 11.7 Å². The van der Waals surface area contributed by atoms with Crippen LogP contribution in [-0.2, 0) is 0 Å². The fraction of sp³-hybridized carbons (Fsp3) is 0.667. The molecule has 0 heterocycles. The van der Waals surface area contributed by atoms with Crippen molar-refractivity contribution in [3.63, 3.8) is 0 Å². The van der Waals surface area contributed by atoms with Gasteiger partial charge in [-0.25, -0.2) is 0 Å². The number of benzene rings is 1. The first-order chi connectivity index (χ1) is 9.49. The average molecular weight is 276 g/mol. The molecule has 0 amide bonds. The van der Waals surface area contributed by atoms with Crippen LogP contribution in [-0.4, -0.2) is 24.5 Å². The van der Waals surface area contributed by atoms with Crippen molar-refractivity contribution < 1.29 is 0 Å². The van der Waals surface area contributed by atoms with E-state index in [-0.39, 0.29) is 6.04 Å². The van der Waals surface area contributed by atoms with Crippen molar-refractivity contribution in [1.29, 1.82) is 0 Å². The van der Waals surface area contributed by atoms with Gasteiger partial charge < -0.3 is 10.6 Å². The van der Waals surface area contributed by atoms with E-state index < -0.39 is 0 Å². The van der Waals surface area contributed by atoms with Crippen molar-refractivity contribution in [3.8, 4) is 0 Å². The average Bonchev–Trinajstić information content (AvgIpc) is 2.42. The first kappa shape index (κ1) is 17.2. The van der Waals surface area contributed by atoms with Gasteiger partial charge in [0.1, 0.15) is 0 Å². The highest BCUT2D eigenvalue weighted by atomic mass is 15.1. The van der Waals surface area contributed by atoms with Gasteiger partial charge in [0.2, 0.25) is 0 Å². The summed E-state index contributed by atoms with van der Waals surface area (Å²) in [5.74, 6) is 0.793. The van der Waals surface area contributed by atoms with Crippen LogP contribution in [0.1, 0.15) is 56.3 Å². The molecule has 2 nitrogen and oxygen atoms in total. The number of rotatable bonds is 8. The lowest BCUT2D eigenvalue weighted by atomic mass is 10.00. The molecule has 0 saturated heterocycles. The Kier molecular flexibility index (Phi) is 7.25. The van der Waals surface area contributed by atoms with E-state index in [1.165, 1.54) is 36.1 Å². The van der Waals surface area contributed by atoms with Crippen LogP contribution in [0.4, 0.5) is 0 Å². The predicted octanol–water partition coefficient (Wildman–Crippen LogP) is 4.06. The van der Waals surface area contributed by atoms with Crippen LogP contribution in [0.2, 0.25) is 0 Å². The molecule has 0 spiro atoms. The minimum absolute atomic E-state index is 0.114. The second kappa shape index (κ2) is 8.43. The SMILES string of the molecule is CCC(CC)CN(CC)CC(N)c1cc(C)cc(C)c1. The van der Waals surface area contributed by atoms with Crippen LogP contribution in [0.25, 0.3) is 0 Å². The topological polar surface area (TPSA) is 29.3 Å². The lowest BCUT2D eigenvalue weighted by Crippen LogP contribution is -2.35. The van der Waals surface area contributed by atoms with Crippen molar-refractivity contribution in [3.05, 3.63) is 34.9 Å². The van der Waals surface area contributed by atoms with E-state index in [1.807, 2.05) is 0 Å². The summed E-state index contributed by atoms with van der Waals surface area (Å²) in [7, 11) is 0. The maximum Gasteiger partial charge on any atom is 0.0424 e. The summed E-state index contributed by atoms with van der Waals surface area (Å²) in [5, 5.41) is 0. The van der Waals surface area contributed by atoms with Crippen molar-refractivity contribution >= 4 is 0 Å². The fourth-order valence-corrected chi connectivity index (χ4v) is 2.85. The molecular weight excluding hydrogens is 244 g/mol. The first-order valence-electron chi connectivity index (χ1n) is 8.06. The summed E-state index contributed by atoms with van der Waals surface area (Å²) in [6.45, 7) is 14.3. The largest absolute Gasteiger partial charge is 0.323 e. The summed E-state index contributed by atoms with van der Waals surface area (Å²) < 4.78 is 0. The summed E-state index contributed by atoms with van der Waals surface area (Å²) >= 11 is 0. The minimum atomic E-state index is 0.114. The van der Waals surface area contributed by atoms with Crippen LogP contribution in [0.15, 0.2) is 18.2 Å². The minimum Gasteiger partial charge on any atom is -0.323 e. The lowest BCUT2D eigenvalue weighted by Gasteiger charge is -2.28. The second-order valence-electron chi connectivity index (χ2n) is 6.06. The van der Waals surface area contributed by atoms with Gasteiger partial charge in [-0.2, -0.15) is 0 Å². The molecule has 0 aliphatic rings. The molecule has 114 valence electrons. The van der Waals surface area contributed by atoms with E-state index in [1.54, 1.807) is 0 Å². The molecule has 0 radical (unpaired) electrons. The Labute approximate surface area is 125 Å². The van der Waals surface area contributed by atoms with E-state index in [0.717, 1.165) is 19.0 Å². The molecule has 0 aliphatic carbocycles. The molecule has 1 atom stereocenters. The number of hydrogen-bond donors (Lipinski definition) is 1. The van der Waals surface area contributed by atoms with Crippen molar-refractivity contribution in [1.82, 2.24) is 4.90 Å². The van der Waals surface area contributed by atoms with E-state index in [9.17, 15) is 0 Å². The third-order valence-corrected chi connectivity index (χ3v) is 4.25. The Morgan fingerprint density at radius 3 is 1.95 bits per heavy atom. The van der Waals surface area contributed by atoms with Crippen LogP contribution in [0, 0.1) is 19.8 Å². The predicted molar refractivity (Wildman–Crippen MR) is 89.0 cm³/mol. The van der Waals surface area contributed by atoms with E-state index in [4.69, 9.17) is 5.73 Å². The molecule has 20 heavy (non-hydrogen) atoms. The third kappa shape index (κ3) is 5.26. The number of hydrogen-bond acceptors (Lipinski definition) is 2. The molecule has 1 unspecified atom stereocenters. The Morgan fingerprint density at radius 2 is 1.50 bits per heavy atom. The van der Waals surface area contributed by atoms with E-state index >= 15 is 0 Å². The molecular formula is C18H32N2. The maximum atomic E-state index is 6.43. The third-order valence-electron chi connectivity index (χ3n) is 4.25. The van der Waals surface area contributed by atoms with Gasteiger partial charge in [0.05, 0.1) is 0 Å². The Bertz CT molecular complexity index is 376. The highest BCUT2D eigenvalue weighted by Crippen LogP contribution is 2.18. The Morgan fingerprint density at radius 1 is 0.950 bits per heavy atom. The maximum absolute atomic E-state index is 6.43. The monoisotopic (exact) mass is 276 g/mol. The zero-order chi connectivity index (χ0) is 15.1. The highest BCUT2D eigenvalue weighted by molar-refractivity contribution is 5.30. The fourth-order valence-electron chi connectivity index (χ4n) is 2.85. The number of aryl methyl sites for hydroxylation is 2. The van der Waals surface area contributed by atoms with Gasteiger partial charge >= 0.3 is 0 Å². The van der Waals surface area contributed by atoms with Crippen molar-refractivity contribution in [2.75, 3.05) is 19.6 Å². The van der Waals surface area contributed by atoms with Gasteiger partial charge in [-0.15, -0.1) is 0 Å². The zero-order valence-corrected chi connectivity index (χ0v) is 13.9. The standard InChI is InChI=1S/C18H32N2/c1-6-16(7-2)12-20(8-3)13-18(19)17-10-14(4)9-15(5)11-17/h9-11,16,18H,6-8,12-13,19H2,1-5H3. The van der Waals surface area contributed by atoms with Crippen LogP contribution < -0.4 is 5.73 Å². The molecule has 0 fully saturated rings. The number of nitrogens with zero attached hydrogens (tertiary/aromatic N) is 1. The lowest BCUT2D eigenvalue weighted by molar-refractivity contribution is 0.222. The smallest absolute Gasteiger partial charge is 0.0424 e. The van der Waals surface area contributed by atoms with Crippen molar-refractivity contribution in [2.45, 2.75) is 53.5 Å². The zero-order valence-electron chi connectivity index (χ0n) is 13.9. The molecule has 0 aliphatic heterocycles. The summed E-state index contributed by atoms with van der Waals surface area (Å²) in [4.78, 5) is 2.50. The van der Waals surface area contributed by atoms with Crippen LogP contribution >= 0.6 is 0 Å². The summed E-state index contributed by atoms with van der Waals surface area (Å²) in [6, 6.07) is 6.77. The highest BCUT2D eigenvalue weighted by Gasteiger charge is 2.15. The number of likely N-dealkylation sites (N-methyl/N-ethyl adjacent to an activating group) is 1. The Balaban J connectivity index is 2.68. The normalized spacial score (nSPS) is 13.2. The molecule has 0 bridgehead atoms. The summed E-state index contributed by atoms with van der Waals surface area (Å²) in [5.41, 5.74) is 10.3. The molecule has 1 aromatic rings. The van der Waals surface area contributed by atoms with Gasteiger partial charge in [-0.05, 0) is 31.9 Å². The molecule has 1 aromatic carbocycles. The first-order valence-corrected chi connectivity index (χ1v) is 8.06. The van der Waals surface area contributed by atoms with E-state index in [0.29, 0.717) is 0 Å². The molecule has 0 aromatic heterocycles. The quantitative estimate of drug-likeness (QED) is 0.776. The number of nitrogens with two attached hydrogens (primary N) is 1. The molecule has 2 heteroatoms. The summed E-state index contributed by atoms with van der Waals surface area (Å²) in [6.07, 6.45) is 2.51. The van der Waals surface area contributed by atoms with E-state index in [2.05, 4.69) is 57.7 Å². The Hall–Kier alpha value is -0.860. The van der Waals surface area contributed by atoms with Gasteiger partial charge in [0.15, 0.2) is 0 Å². The molecule has 1 rings (SSSR count). The molecule has 0 saturated carbocycles. The van der Waals surface area contributed by atoms with Gasteiger partial charge in [0.25, 0.3) is 0 Å². The van der Waals surface area contributed by atoms with Crippen LogP contribution in [0.5, 0.6) is 0 Å². The van der Waals surface area contributed by atoms with Gasteiger partial charge in [0, 0.05) is 19.1 Å². The second-order valence-corrected chi connectivity index (χ2v) is 6.06.